The van der Waals surface area contributed by atoms with E-state index in [1.165, 1.54) is 6.07 Å². The van der Waals surface area contributed by atoms with Crippen molar-refractivity contribution in [2.45, 2.75) is 25.7 Å². The molecule has 1 N–H and O–H groups in total. The fourth-order valence-corrected chi connectivity index (χ4v) is 4.53. The molecule has 0 unspecified atom stereocenters. The average Bonchev–Trinajstić information content (AvgIpc) is 2.28. The fourth-order valence-electron chi connectivity index (χ4n) is 1.82. The number of sulfone groups is 1. The number of carboxylic acids is 1. The molecule has 4 nitrogen and oxygen atoms in total. The highest BCUT2D eigenvalue weighted by Gasteiger charge is 2.20. The first-order valence-electron chi connectivity index (χ1n) is 5.94. The van der Waals surface area contributed by atoms with E-state index >= 15 is 0 Å². The molecule has 0 saturated heterocycles. The summed E-state index contributed by atoms with van der Waals surface area (Å²) < 4.78 is 24.4. The second-order valence-corrected chi connectivity index (χ2v) is 7.72. The van der Waals surface area contributed by atoms with Gasteiger partial charge in [0.2, 0.25) is 0 Å². The van der Waals surface area contributed by atoms with E-state index in [4.69, 9.17) is 5.11 Å². The van der Waals surface area contributed by atoms with Crippen LogP contribution < -0.4 is 0 Å². The summed E-state index contributed by atoms with van der Waals surface area (Å²) in [5.74, 6) is 0.322. The highest BCUT2D eigenvalue weighted by Crippen LogP contribution is 2.22. The van der Waals surface area contributed by atoms with Gasteiger partial charge in [0.05, 0.1) is 16.2 Å². The van der Waals surface area contributed by atoms with Crippen molar-refractivity contribution in [3.63, 3.8) is 0 Å². The Morgan fingerprint density at radius 3 is 2.42 bits per heavy atom. The zero-order valence-electron chi connectivity index (χ0n) is 11.3. The van der Waals surface area contributed by atoms with Gasteiger partial charge in [0, 0.05) is 5.75 Å². The van der Waals surface area contributed by atoms with Crippen LogP contribution in [0, 0.1) is 13.8 Å². The molecule has 1 aromatic carbocycles. The van der Waals surface area contributed by atoms with Crippen LogP contribution in [0.2, 0.25) is 0 Å². The quantitative estimate of drug-likeness (QED) is 0.818. The van der Waals surface area contributed by atoms with Crippen molar-refractivity contribution < 1.29 is 18.3 Å². The maximum atomic E-state index is 12.2. The summed E-state index contributed by atoms with van der Waals surface area (Å²) in [5.41, 5.74) is 1.23. The fraction of sp³-hybridized carbons (Fsp3) is 0.462. The van der Waals surface area contributed by atoms with Crippen LogP contribution in [0.3, 0.4) is 0 Å². The van der Waals surface area contributed by atoms with Gasteiger partial charge < -0.3 is 5.11 Å². The third-order valence-electron chi connectivity index (χ3n) is 2.79. The number of carboxylic acid groups (broad SMARTS) is 1. The number of carbonyl (C=O) groups is 1. The summed E-state index contributed by atoms with van der Waals surface area (Å²) in [4.78, 5) is 11.2. The summed E-state index contributed by atoms with van der Waals surface area (Å²) >= 11 is 1.55. The van der Waals surface area contributed by atoms with Crippen LogP contribution >= 0.6 is 11.8 Å². The van der Waals surface area contributed by atoms with Crippen molar-refractivity contribution in [1.82, 2.24) is 0 Å². The van der Waals surface area contributed by atoms with Gasteiger partial charge in [-0.15, -0.1) is 0 Å². The summed E-state index contributed by atoms with van der Waals surface area (Å²) in [6.07, 6.45) is 0. The highest BCUT2D eigenvalue weighted by molar-refractivity contribution is 8.00. The van der Waals surface area contributed by atoms with E-state index in [0.29, 0.717) is 16.9 Å². The molecule has 0 heterocycles. The minimum absolute atomic E-state index is 0.0362. The van der Waals surface area contributed by atoms with Crippen LogP contribution in [0.1, 0.15) is 28.4 Å². The van der Waals surface area contributed by atoms with Gasteiger partial charge in [-0.3, -0.25) is 0 Å². The second-order valence-electron chi connectivity index (χ2n) is 4.25. The van der Waals surface area contributed by atoms with E-state index in [9.17, 15) is 13.2 Å². The summed E-state index contributed by atoms with van der Waals surface area (Å²) in [7, 11) is -3.42. The van der Waals surface area contributed by atoms with Crippen LogP contribution in [0.25, 0.3) is 0 Å². The van der Waals surface area contributed by atoms with Gasteiger partial charge in [0.25, 0.3) is 0 Å². The van der Waals surface area contributed by atoms with E-state index in [-0.39, 0.29) is 16.2 Å². The zero-order chi connectivity index (χ0) is 14.6. The SMILES string of the molecule is CCSCCS(=O)(=O)c1cc(C(=O)O)c(C)cc1C. The molecular weight excluding hydrogens is 284 g/mol. The Morgan fingerprint density at radius 2 is 1.89 bits per heavy atom. The standard InChI is InChI=1S/C13H18O4S2/c1-4-18-5-6-19(16,17)12-8-11(13(14)15)9(2)7-10(12)3/h7-8H,4-6H2,1-3H3,(H,14,15). The molecule has 1 rings (SSSR count). The molecule has 106 valence electrons. The Labute approximate surface area is 118 Å². The molecular formula is C13H18O4S2. The van der Waals surface area contributed by atoms with Crippen LogP contribution in [0.15, 0.2) is 17.0 Å². The Kier molecular flexibility index (Phi) is 5.43. The van der Waals surface area contributed by atoms with E-state index in [0.717, 1.165) is 5.75 Å². The first kappa shape index (κ1) is 16.0. The monoisotopic (exact) mass is 302 g/mol. The first-order chi connectivity index (χ1) is 8.79. The molecule has 19 heavy (non-hydrogen) atoms. The van der Waals surface area contributed by atoms with Crippen molar-refractivity contribution in [1.29, 1.82) is 0 Å². The summed E-state index contributed by atoms with van der Waals surface area (Å²) in [5, 5.41) is 9.06. The number of hydrogen-bond acceptors (Lipinski definition) is 4. The van der Waals surface area contributed by atoms with Crippen LogP contribution in [-0.4, -0.2) is 36.8 Å². The van der Waals surface area contributed by atoms with Crippen LogP contribution in [0.5, 0.6) is 0 Å². The van der Waals surface area contributed by atoms with Gasteiger partial charge in [-0.2, -0.15) is 11.8 Å². The van der Waals surface area contributed by atoms with Gasteiger partial charge in [-0.05, 0) is 36.8 Å². The number of benzene rings is 1. The molecule has 0 aliphatic rings. The normalized spacial score (nSPS) is 11.5. The van der Waals surface area contributed by atoms with Gasteiger partial charge in [-0.1, -0.05) is 13.0 Å². The average molecular weight is 302 g/mol. The predicted molar refractivity (Wildman–Crippen MR) is 77.9 cm³/mol. The molecule has 0 saturated carbocycles. The van der Waals surface area contributed by atoms with Crippen molar-refractivity contribution in [2.75, 3.05) is 17.3 Å². The van der Waals surface area contributed by atoms with Crippen LogP contribution in [0.4, 0.5) is 0 Å². The Balaban J connectivity index is 3.19. The third kappa shape index (κ3) is 3.98. The predicted octanol–water partition coefficient (Wildman–Crippen LogP) is 2.53. The minimum Gasteiger partial charge on any atom is -0.478 e. The lowest BCUT2D eigenvalue weighted by molar-refractivity contribution is 0.0696. The lowest BCUT2D eigenvalue weighted by Gasteiger charge is -2.10. The van der Waals surface area contributed by atoms with Crippen molar-refractivity contribution in [3.8, 4) is 0 Å². The molecule has 0 aliphatic heterocycles. The second kappa shape index (κ2) is 6.43. The van der Waals surface area contributed by atoms with E-state index < -0.39 is 15.8 Å². The highest BCUT2D eigenvalue weighted by atomic mass is 32.2. The third-order valence-corrected chi connectivity index (χ3v) is 5.80. The number of aryl methyl sites for hydroxylation is 2. The van der Waals surface area contributed by atoms with Gasteiger partial charge >= 0.3 is 5.97 Å². The number of rotatable bonds is 6. The molecule has 6 heteroatoms. The number of hydrogen-bond donors (Lipinski definition) is 1. The molecule has 0 aliphatic carbocycles. The number of thioether (sulfide) groups is 1. The van der Waals surface area contributed by atoms with Crippen molar-refractivity contribution >= 4 is 27.6 Å². The van der Waals surface area contributed by atoms with Gasteiger partial charge in [0.1, 0.15) is 0 Å². The lowest BCUT2D eigenvalue weighted by Crippen LogP contribution is -2.13. The largest absolute Gasteiger partial charge is 0.478 e. The summed E-state index contributed by atoms with van der Waals surface area (Å²) in [6.45, 7) is 5.33. The Bertz CT molecular complexity index is 577. The number of aromatic carboxylic acids is 1. The molecule has 0 aromatic heterocycles. The molecule has 0 radical (unpaired) electrons. The molecule has 0 atom stereocenters. The van der Waals surface area contributed by atoms with Gasteiger partial charge in [0.15, 0.2) is 9.84 Å². The van der Waals surface area contributed by atoms with Crippen LogP contribution in [-0.2, 0) is 9.84 Å². The zero-order valence-corrected chi connectivity index (χ0v) is 12.9. The molecule has 0 amide bonds. The molecule has 0 bridgehead atoms. The Morgan fingerprint density at radius 1 is 1.26 bits per heavy atom. The first-order valence-corrected chi connectivity index (χ1v) is 8.75. The Hall–Kier alpha value is -1.01. The maximum Gasteiger partial charge on any atom is 0.335 e. The molecule has 0 fully saturated rings. The minimum atomic E-state index is -3.42. The molecule has 0 spiro atoms. The van der Waals surface area contributed by atoms with Crippen molar-refractivity contribution in [2.24, 2.45) is 0 Å². The topological polar surface area (TPSA) is 71.4 Å². The van der Waals surface area contributed by atoms with Crippen molar-refractivity contribution in [3.05, 3.63) is 28.8 Å². The van der Waals surface area contributed by atoms with E-state index in [1.807, 2.05) is 6.92 Å². The lowest BCUT2D eigenvalue weighted by atomic mass is 10.1. The van der Waals surface area contributed by atoms with Gasteiger partial charge in [-0.25, -0.2) is 13.2 Å². The van der Waals surface area contributed by atoms with E-state index in [1.54, 1.807) is 31.7 Å². The van der Waals surface area contributed by atoms with E-state index in [2.05, 4.69) is 0 Å². The molecule has 1 aromatic rings. The smallest absolute Gasteiger partial charge is 0.335 e. The summed E-state index contributed by atoms with van der Waals surface area (Å²) in [6, 6.07) is 2.89. The maximum absolute atomic E-state index is 12.2.